The van der Waals surface area contributed by atoms with Gasteiger partial charge in [-0.25, -0.2) is 0 Å². The maximum absolute atomic E-state index is 10.7. The smallest absolute Gasteiger partial charge is 0.123 e. The molecule has 0 spiro atoms. The van der Waals surface area contributed by atoms with Crippen molar-refractivity contribution in [2.75, 3.05) is 19.6 Å². The molecule has 1 saturated heterocycles. The fourth-order valence-electron chi connectivity index (χ4n) is 5.19. The van der Waals surface area contributed by atoms with Crippen LogP contribution in [0.2, 0.25) is 0 Å². The number of hydrogen-bond acceptors (Lipinski definition) is 5. The molecular weight excluding hydrogens is 446 g/mol. The summed E-state index contributed by atoms with van der Waals surface area (Å²) in [6.45, 7) is 7.44. The lowest BCUT2D eigenvalue weighted by molar-refractivity contribution is 0.154. The summed E-state index contributed by atoms with van der Waals surface area (Å²) in [5.41, 5.74) is 8.83. The van der Waals surface area contributed by atoms with Crippen molar-refractivity contribution in [1.29, 1.82) is 0 Å². The highest BCUT2D eigenvalue weighted by Crippen LogP contribution is 2.39. The van der Waals surface area contributed by atoms with Gasteiger partial charge in [0.05, 0.1) is 16.9 Å². The molecule has 0 bridgehead atoms. The van der Waals surface area contributed by atoms with Crippen molar-refractivity contribution in [1.82, 2.24) is 24.9 Å². The van der Waals surface area contributed by atoms with E-state index in [0.717, 1.165) is 75.3 Å². The predicted octanol–water partition coefficient (Wildman–Crippen LogP) is 5.80. The Labute approximate surface area is 210 Å². The van der Waals surface area contributed by atoms with Crippen LogP contribution in [0.1, 0.15) is 24.1 Å². The first-order valence-electron chi connectivity index (χ1n) is 12.4. The zero-order chi connectivity index (χ0) is 24.8. The molecule has 6 heteroatoms. The second-order valence-corrected chi connectivity index (χ2v) is 9.70. The minimum Gasteiger partial charge on any atom is -0.507 e. The molecule has 1 aliphatic heterocycles. The molecule has 5 aromatic rings. The average molecular weight is 476 g/mol. The summed E-state index contributed by atoms with van der Waals surface area (Å²) in [6, 6.07) is 22.3. The third-order valence-electron chi connectivity index (χ3n) is 7.24. The van der Waals surface area contributed by atoms with Gasteiger partial charge in [-0.15, -0.1) is 0 Å². The number of hydrogen-bond donors (Lipinski definition) is 1. The lowest BCUT2D eigenvalue weighted by atomic mass is 9.91. The largest absolute Gasteiger partial charge is 0.507 e. The fraction of sp³-hybridized carbons (Fsp3) is 0.233. The van der Waals surface area contributed by atoms with E-state index in [-0.39, 0.29) is 5.75 Å². The van der Waals surface area contributed by atoms with Crippen LogP contribution < -0.4 is 0 Å². The van der Waals surface area contributed by atoms with Gasteiger partial charge in [0.25, 0.3) is 0 Å². The number of aromatic hydroxyl groups is 1. The Balaban J connectivity index is 1.44. The zero-order valence-corrected chi connectivity index (χ0v) is 20.8. The maximum Gasteiger partial charge on any atom is 0.123 e. The molecule has 36 heavy (non-hydrogen) atoms. The van der Waals surface area contributed by atoms with Gasteiger partial charge < -0.3 is 10.0 Å². The highest BCUT2D eigenvalue weighted by Gasteiger charge is 2.28. The Kier molecular flexibility index (Phi) is 5.53. The molecule has 0 amide bonds. The first-order chi connectivity index (χ1) is 17.5. The van der Waals surface area contributed by atoms with Crippen LogP contribution in [0.3, 0.4) is 0 Å². The normalized spacial score (nSPS) is 14.3. The third-order valence-corrected chi connectivity index (χ3v) is 7.24. The van der Waals surface area contributed by atoms with Crippen molar-refractivity contribution in [3.8, 4) is 39.3 Å². The number of para-hydroxylation sites is 1. The second-order valence-electron chi connectivity index (χ2n) is 9.70. The van der Waals surface area contributed by atoms with E-state index in [1.54, 1.807) is 6.07 Å². The molecule has 180 valence electrons. The van der Waals surface area contributed by atoms with Crippen molar-refractivity contribution in [3.05, 3.63) is 84.2 Å². The Morgan fingerprint density at radius 3 is 2.47 bits per heavy atom. The van der Waals surface area contributed by atoms with E-state index in [1.165, 1.54) is 0 Å². The summed E-state index contributed by atoms with van der Waals surface area (Å²) in [5, 5.41) is 25.6. The standard InChI is InChI=1S/C30H29N5O/c1-4-35-17-23(18-35)27-11-12-28(32-31-27)24-10-9-20(15-26(24)25-7-5-6-8-29(25)36)21-13-19(2)30-22(14-21)16-34(3)33-30/h5-16,23,36H,4,17-18H2,1-3H3. The van der Waals surface area contributed by atoms with Gasteiger partial charge in [-0.1, -0.05) is 37.3 Å². The molecule has 0 unspecified atom stereocenters. The van der Waals surface area contributed by atoms with Gasteiger partial charge in [-0.05, 0) is 72.1 Å². The molecule has 3 heterocycles. The molecular formula is C30H29N5O. The van der Waals surface area contributed by atoms with Crippen LogP contribution in [0, 0.1) is 6.92 Å². The number of phenolic OH excluding ortho intramolecular Hbond substituents is 1. The summed E-state index contributed by atoms with van der Waals surface area (Å²) in [6.07, 6.45) is 2.04. The van der Waals surface area contributed by atoms with Crippen molar-refractivity contribution in [2.45, 2.75) is 19.8 Å². The number of nitrogens with zero attached hydrogens (tertiary/aromatic N) is 5. The van der Waals surface area contributed by atoms with Gasteiger partial charge in [0, 0.05) is 48.8 Å². The molecule has 0 aliphatic carbocycles. The number of aromatic nitrogens is 4. The van der Waals surface area contributed by atoms with Crippen LogP contribution in [-0.2, 0) is 7.05 Å². The predicted molar refractivity (Wildman–Crippen MR) is 144 cm³/mol. The number of rotatable bonds is 5. The Hall–Kier alpha value is -4.03. The average Bonchev–Trinajstić information content (AvgIpc) is 3.25. The van der Waals surface area contributed by atoms with Gasteiger partial charge in [0.1, 0.15) is 5.75 Å². The zero-order valence-electron chi connectivity index (χ0n) is 20.8. The summed E-state index contributed by atoms with van der Waals surface area (Å²) < 4.78 is 1.85. The number of benzene rings is 3. The topological polar surface area (TPSA) is 67.1 Å². The van der Waals surface area contributed by atoms with Gasteiger partial charge in [0.2, 0.25) is 0 Å². The molecule has 1 aliphatic rings. The number of fused-ring (bicyclic) bond motifs is 1. The summed E-state index contributed by atoms with van der Waals surface area (Å²) in [7, 11) is 1.95. The Bertz CT molecular complexity index is 1560. The Morgan fingerprint density at radius 1 is 0.889 bits per heavy atom. The van der Waals surface area contributed by atoms with E-state index < -0.39 is 0 Å². The molecule has 0 radical (unpaired) electrons. The summed E-state index contributed by atoms with van der Waals surface area (Å²) in [4.78, 5) is 2.40. The van der Waals surface area contributed by atoms with E-state index in [0.29, 0.717) is 5.92 Å². The first kappa shape index (κ1) is 22.4. The van der Waals surface area contributed by atoms with Crippen LogP contribution in [0.15, 0.2) is 72.9 Å². The summed E-state index contributed by atoms with van der Waals surface area (Å²) >= 11 is 0. The van der Waals surface area contributed by atoms with Crippen molar-refractivity contribution in [2.24, 2.45) is 7.05 Å². The lowest BCUT2D eigenvalue weighted by Gasteiger charge is -2.37. The summed E-state index contributed by atoms with van der Waals surface area (Å²) in [5.74, 6) is 0.700. The second kappa shape index (κ2) is 8.88. The molecule has 6 rings (SSSR count). The molecule has 1 N–H and O–H groups in total. The van der Waals surface area contributed by atoms with E-state index >= 15 is 0 Å². The molecule has 2 aromatic heterocycles. The van der Waals surface area contributed by atoms with Crippen molar-refractivity contribution in [3.63, 3.8) is 0 Å². The third kappa shape index (κ3) is 3.93. The first-order valence-corrected chi connectivity index (χ1v) is 12.4. The van der Waals surface area contributed by atoms with Gasteiger partial charge in [-0.3, -0.25) is 4.68 Å². The van der Waals surface area contributed by atoms with Crippen LogP contribution in [0.4, 0.5) is 0 Å². The van der Waals surface area contributed by atoms with Gasteiger partial charge >= 0.3 is 0 Å². The molecule has 1 fully saturated rings. The number of likely N-dealkylation sites (tertiary alicyclic amines) is 1. The molecule has 0 atom stereocenters. The number of phenols is 1. The van der Waals surface area contributed by atoms with E-state index in [2.05, 4.69) is 76.5 Å². The van der Waals surface area contributed by atoms with Crippen LogP contribution in [-0.4, -0.2) is 49.6 Å². The van der Waals surface area contributed by atoms with E-state index in [4.69, 9.17) is 0 Å². The highest BCUT2D eigenvalue weighted by molar-refractivity contribution is 5.91. The van der Waals surface area contributed by atoms with Gasteiger partial charge in [0.15, 0.2) is 0 Å². The van der Waals surface area contributed by atoms with Crippen LogP contribution in [0.25, 0.3) is 44.4 Å². The lowest BCUT2D eigenvalue weighted by Crippen LogP contribution is -2.44. The Morgan fingerprint density at radius 2 is 1.72 bits per heavy atom. The van der Waals surface area contributed by atoms with Crippen molar-refractivity contribution < 1.29 is 5.11 Å². The minimum atomic E-state index is 0.244. The van der Waals surface area contributed by atoms with E-state index in [9.17, 15) is 5.11 Å². The van der Waals surface area contributed by atoms with E-state index in [1.807, 2.05) is 36.1 Å². The SMILES string of the molecule is CCN1CC(c2ccc(-c3ccc(-c4cc(C)c5nn(C)cc5c4)cc3-c3ccccc3O)nn2)C1. The molecule has 0 saturated carbocycles. The fourth-order valence-corrected chi connectivity index (χ4v) is 5.19. The molecule has 3 aromatic carbocycles. The van der Waals surface area contributed by atoms with Crippen LogP contribution >= 0.6 is 0 Å². The van der Waals surface area contributed by atoms with Crippen molar-refractivity contribution >= 4 is 10.9 Å². The van der Waals surface area contributed by atoms with Crippen LogP contribution in [0.5, 0.6) is 5.75 Å². The highest BCUT2D eigenvalue weighted by atomic mass is 16.3. The monoisotopic (exact) mass is 475 g/mol. The maximum atomic E-state index is 10.7. The number of aryl methyl sites for hydroxylation is 2. The minimum absolute atomic E-state index is 0.244. The molecule has 6 nitrogen and oxygen atoms in total. The van der Waals surface area contributed by atoms with Gasteiger partial charge in [-0.2, -0.15) is 15.3 Å². The number of likely N-dealkylation sites (N-methyl/N-ethyl adjacent to an activating group) is 1. The quantitative estimate of drug-likeness (QED) is 0.348.